The van der Waals surface area contributed by atoms with Gasteiger partial charge in [0.2, 0.25) is 0 Å². The molecule has 1 atom stereocenters. The molecule has 0 spiro atoms. The molecule has 2 aliphatic rings. The second kappa shape index (κ2) is 7.10. The van der Waals surface area contributed by atoms with Crippen molar-refractivity contribution in [2.24, 2.45) is 5.92 Å². The fraction of sp³-hybridized carbons (Fsp3) is 0.929. The Hall–Kier alpha value is -0.810. The number of amides is 2. The summed E-state index contributed by atoms with van der Waals surface area (Å²) in [4.78, 5) is 16.2. The van der Waals surface area contributed by atoms with Crippen LogP contribution in [0.4, 0.5) is 4.79 Å². The molecule has 0 bridgehead atoms. The number of aliphatic hydroxyl groups is 1. The molecule has 2 rings (SSSR count). The fourth-order valence-corrected chi connectivity index (χ4v) is 3.13. The van der Waals surface area contributed by atoms with Crippen molar-refractivity contribution in [3.05, 3.63) is 0 Å². The summed E-state index contributed by atoms with van der Waals surface area (Å²) in [5.41, 5.74) is 0. The monoisotopic (exact) mass is 269 g/mol. The van der Waals surface area contributed by atoms with Crippen molar-refractivity contribution < 1.29 is 9.90 Å². The highest BCUT2D eigenvalue weighted by Crippen LogP contribution is 2.19. The zero-order valence-corrected chi connectivity index (χ0v) is 12.0. The number of hydrogen-bond donors (Lipinski definition) is 2. The number of urea groups is 1. The maximum atomic E-state index is 12.0. The summed E-state index contributed by atoms with van der Waals surface area (Å²) in [6.07, 6.45) is 5.51. The molecular formula is C14H27N3O2. The number of nitrogens with one attached hydrogen (secondary N) is 1. The summed E-state index contributed by atoms with van der Waals surface area (Å²) >= 11 is 0. The second-order valence-electron chi connectivity index (χ2n) is 5.94. The third-order valence-corrected chi connectivity index (χ3v) is 4.52. The van der Waals surface area contributed by atoms with Gasteiger partial charge in [-0.1, -0.05) is 0 Å². The van der Waals surface area contributed by atoms with E-state index in [-0.39, 0.29) is 18.7 Å². The van der Waals surface area contributed by atoms with Crippen LogP contribution in [0.1, 0.15) is 32.1 Å². The van der Waals surface area contributed by atoms with Gasteiger partial charge in [-0.15, -0.1) is 0 Å². The number of carbonyl (C=O) groups excluding carboxylic acids is 1. The summed E-state index contributed by atoms with van der Waals surface area (Å²) in [7, 11) is 2.17. The summed E-state index contributed by atoms with van der Waals surface area (Å²) in [5, 5.41) is 12.2. The summed E-state index contributed by atoms with van der Waals surface area (Å²) in [6, 6.07) is 0.0350. The zero-order chi connectivity index (χ0) is 13.7. The lowest BCUT2D eigenvalue weighted by molar-refractivity contribution is 0.155. The fourth-order valence-electron chi connectivity index (χ4n) is 3.13. The van der Waals surface area contributed by atoms with Crippen molar-refractivity contribution >= 4 is 6.03 Å². The molecule has 110 valence electrons. The molecule has 0 aromatic rings. The van der Waals surface area contributed by atoms with Gasteiger partial charge in [-0.05, 0) is 58.2 Å². The Morgan fingerprint density at radius 2 is 2.00 bits per heavy atom. The molecule has 2 heterocycles. The second-order valence-corrected chi connectivity index (χ2v) is 5.94. The minimum Gasteiger partial charge on any atom is -0.394 e. The molecule has 2 saturated heterocycles. The molecule has 2 aliphatic heterocycles. The van der Waals surface area contributed by atoms with E-state index in [0.717, 1.165) is 38.3 Å². The lowest BCUT2D eigenvalue weighted by Crippen LogP contribution is -2.44. The number of rotatable bonds is 4. The Bertz CT molecular complexity index is 290. The third kappa shape index (κ3) is 4.08. The van der Waals surface area contributed by atoms with Crippen LogP contribution in [0.5, 0.6) is 0 Å². The van der Waals surface area contributed by atoms with Crippen molar-refractivity contribution in [3.63, 3.8) is 0 Å². The Labute approximate surface area is 115 Å². The van der Waals surface area contributed by atoms with E-state index in [1.54, 1.807) is 4.90 Å². The highest BCUT2D eigenvalue weighted by atomic mass is 16.3. The third-order valence-electron chi connectivity index (χ3n) is 4.52. The minimum atomic E-state index is 0.00415. The van der Waals surface area contributed by atoms with E-state index in [2.05, 4.69) is 17.3 Å². The van der Waals surface area contributed by atoms with Gasteiger partial charge in [-0.3, -0.25) is 0 Å². The molecule has 1 unspecified atom stereocenters. The lowest BCUT2D eigenvalue weighted by Gasteiger charge is -2.29. The Morgan fingerprint density at radius 1 is 1.26 bits per heavy atom. The number of aliphatic hydroxyl groups excluding tert-OH is 1. The average Bonchev–Trinajstić information content (AvgIpc) is 2.89. The molecule has 0 aromatic heterocycles. The largest absolute Gasteiger partial charge is 0.394 e. The molecule has 2 amide bonds. The van der Waals surface area contributed by atoms with Gasteiger partial charge in [0.25, 0.3) is 0 Å². The van der Waals surface area contributed by atoms with E-state index < -0.39 is 0 Å². The van der Waals surface area contributed by atoms with E-state index >= 15 is 0 Å². The van der Waals surface area contributed by atoms with Crippen LogP contribution >= 0.6 is 0 Å². The van der Waals surface area contributed by atoms with Crippen LogP contribution in [0.15, 0.2) is 0 Å². The summed E-state index contributed by atoms with van der Waals surface area (Å²) in [5.74, 6) is 0.753. The predicted octanol–water partition coefficient (Wildman–Crippen LogP) is 0.885. The zero-order valence-electron chi connectivity index (χ0n) is 12.0. The standard InChI is InChI=1S/C14H27N3O2/c1-16-9-5-12(6-10-16)4-7-15-14(19)17-8-2-3-13(17)11-18/h12-13,18H,2-11H2,1H3,(H,15,19). The number of nitrogens with zero attached hydrogens (tertiary/aromatic N) is 2. The molecular weight excluding hydrogens is 242 g/mol. The van der Waals surface area contributed by atoms with E-state index in [1.807, 2.05) is 0 Å². The maximum absolute atomic E-state index is 12.0. The van der Waals surface area contributed by atoms with E-state index in [4.69, 9.17) is 0 Å². The van der Waals surface area contributed by atoms with Crippen LogP contribution in [0.2, 0.25) is 0 Å². The van der Waals surface area contributed by atoms with Crippen molar-refractivity contribution in [1.29, 1.82) is 0 Å². The smallest absolute Gasteiger partial charge is 0.317 e. The predicted molar refractivity (Wildman–Crippen MR) is 75.1 cm³/mol. The van der Waals surface area contributed by atoms with Crippen molar-refractivity contribution in [1.82, 2.24) is 15.1 Å². The van der Waals surface area contributed by atoms with Crippen molar-refractivity contribution in [3.8, 4) is 0 Å². The first-order chi connectivity index (χ1) is 9.20. The van der Waals surface area contributed by atoms with Gasteiger partial charge >= 0.3 is 6.03 Å². The number of likely N-dealkylation sites (tertiary alicyclic amines) is 2. The van der Waals surface area contributed by atoms with Crippen molar-refractivity contribution in [2.45, 2.75) is 38.1 Å². The first kappa shape index (κ1) is 14.6. The van der Waals surface area contributed by atoms with Crippen LogP contribution in [-0.4, -0.2) is 66.8 Å². The molecule has 0 saturated carbocycles. The number of piperidine rings is 1. The van der Waals surface area contributed by atoms with Crippen LogP contribution in [-0.2, 0) is 0 Å². The Morgan fingerprint density at radius 3 is 2.68 bits per heavy atom. The molecule has 5 nitrogen and oxygen atoms in total. The first-order valence-electron chi connectivity index (χ1n) is 7.54. The topological polar surface area (TPSA) is 55.8 Å². The van der Waals surface area contributed by atoms with Gasteiger partial charge in [-0.2, -0.15) is 0 Å². The SMILES string of the molecule is CN1CCC(CCNC(=O)N2CCCC2CO)CC1. The maximum Gasteiger partial charge on any atom is 0.317 e. The van der Waals surface area contributed by atoms with Crippen LogP contribution in [0.3, 0.4) is 0 Å². The van der Waals surface area contributed by atoms with E-state index in [0.29, 0.717) is 0 Å². The Balaban J connectivity index is 1.64. The van der Waals surface area contributed by atoms with E-state index in [1.165, 1.54) is 25.9 Å². The van der Waals surface area contributed by atoms with Crippen LogP contribution < -0.4 is 5.32 Å². The molecule has 0 aliphatic carbocycles. The highest BCUT2D eigenvalue weighted by Gasteiger charge is 2.27. The van der Waals surface area contributed by atoms with E-state index in [9.17, 15) is 9.90 Å². The number of hydrogen-bond acceptors (Lipinski definition) is 3. The molecule has 0 radical (unpaired) electrons. The van der Waals surface area contributed by atoms with Crippen molar-refractivity contribution in [2.75, 3.05) is 39.8 Å². The average molecular weight is 269 g/mol. The summed E-state index contributed by atoms with van der Waals surface area (Å²) < 4.78 is 0. The lowest BCUT2D eigenvalue weighted by atomic mass is 9.94. The molecule has 0 aromatic carbocycles. The first-order valence-corrected chi connectivity index (χ1v) is 7.54. The minimum absolute atomic E-state index is 0.00415. The molecule has 2 N–H and O–H groups in total. The van der Waals surface area contributed by atoms with Gasteiger partial charge in [-0.25, -0.2) is 4.79 Å². The molecule has 5 heteroatoms. The molecule has 2 fully saturated rings. The number of carbonyl (C=O) groups is 1. The molecule has 19 heavy (non-hydrogen) atoms. The van der Waals surface area contributed by atoms with Gasteiger partial charge in [0, 0.05) is 13.1 Å². The van der Waals surface area contributed by atoms with Crippen LogP contribution in [0.25, 0.3) is 0 Å². The highest BCUT2D eigenvalue weighted by molar-refractivity contribution is 5.74. The van der Waals surface area contributed by atoms with Gasteiger partial charge in [0.05, 0.1) is 12.6 Å². The van der Waals surface area contributed by atoms with Gasteiger partial charge in [0.15, 0.2) is 0 Å². The quantitative estimate of drug-likeness (QED) is 0.797. The summed E-state index contributed by atoms with van der Waals surface area (Å²) in [6.45, 7) is 3.99. The Kier molecular flexibility index (Phi) is 5.45. The van der Waals surface area contributed by atoms with Gasteiger partial charge in [0.1, 0.15) is 0 Å². The normalized spacial score (nSPS) is 25.8. The van der Waals surface area contributed by atoms with Gasteiger partial charge < -0.3 is 20.2 Å². The van der Waals surface area contributed by atoms with Crippen LogP contribution in [0, 0.1) is 5.92 Å².